The fraction of sp³-hybridized carbons (Fsp3) is 0.578. The van der Waals surface area contributed by atoms with Crippen molar-refractivity contribution in [1.29, 1.82) is 0 Å². The Balaban J connectivity index is 2.33. The van der Waals surface area contributed by atoms with Gasteiger partial charge in [-0.2, -0.15) is 0 Å². The van der Waals surface area contributed by atoms with Gasteiger partial charge in [-0.1, -0.05) is 70.5 Å². The number of rotatable bonds is 25. The van der Waals surface area contributed by atoms with E-state index in [0.29, 0.717) is 18.4 Å². The van der Waals surface area contributed by atoms with Crippen molar-refractivity contribution in [3.63, 3.8) is 0 Å². The van der Waals surface area contributed by atoms with Gasteiger partial charge in [0.05, 0.1) is 12.5 Å². The van der Waals surface area contributed by atoms with Crippen molar-refractivity contribution in [2.75, 3.05) is 20.2 Å². The summed E-state index contributed by atoms with van der Waals surface area (Å²) in [6, 6.07) is 10.0. The van der Waals surface area contributed by atoms with Gasteiger partial charge >= 0.3 is 12.1 Å². The molecule has 6 amide bonds. The fourth-order valence-corrected chi connectivity index (χ4v) is 6.01. The fourth-order valence-electron chi connectivity index (χ4n) is 6.01. The van der Waals surface area contributed by atoms with E-state index in [9.17, 15) is 38.7 Å². The van der Waals surface area contributed by atoms with Crippen LogP contribution in [0.5, 0.6) is 0 Å². The highest BCUT2D eigenvalue weighted by atomic mass is 16.6. The molecule has 338 valence electrons. The summed E-state index contributed by atoms with van der Waals surface area (Å²) >= 11 is 0. The molecule has 1 unspecified atom stereocenters. The molecule has 0 radical (unpaired) electrons. The Kier molecular flexibility index (Phi) is 22.0. The third kappa shape index (κ3) is 19.2. The molecule has 0 aliphatic carbocycles. The molecule has 61 heavy (non-hydrogen) atoms. The van der Waals surface area contributed by atoms with Crippen LogP contribution in [0.4, 0.5) is 4.79 Å². The van der Waals surface area contributed by atoms with Crippen LogP contribution in [-0.2, 0) is 39.9 Å². The quantitative estimate of drug-likeness (QED) is 0.0685. The molecular weight excluding hydrogens is 785 g/mol. The van der Waals surface area contributed by atoms with Gasteiger partial charge in [-0.25, -0.2) is 9.59 Å². The number of carboxylic acids is 1. The van der Waals surface area contributed by atoms with Gasteiger partial charge in [0, 0.05) is 25.8 Å². The van der Waals surface area contributed by atoms with E-state index >= 15 is 0 Å². The average Bonchev–Trinajstić information content (AvgIpc) is 3.21. The van der Waals surface area contributed by atoms with Crippen molar-refractivity contribution in [3.8, 4) is 11.1 Å². The zero-order chi connectivity index (χ0) is 45.7. The third-order valence-electron chi connectivity index (χ3n) is 9.53. The number of carbonyl (C=O) groups is 7. The Morgan fingerprint density at radius 1 is 0.721 bits per heavy atom. The van der Waals surface area contributed by atoms with Crippen LogP contribution in [0, 0.1) is 5.92 Å². The van der Waals surface area contributed by atoms with Crippen molar-refractivity contribution in [2.45, 2.75) is 143 Å². The van der Waals surface area contributed by atoms with Crippen LogP contribution in [0.2, 0.25) is 0 Å². The number of hydrogen-bond donors (Lipinski definition) is 7. The molecule has 16 heteroatoms. The molecular formula is C45H68N6O10. The van der Waals surface area contributed by atoms with Gasteiger partial charge in [0.2, 0.25) is 23.6 Å². The molecule has 0 aliphatic heterocycles. The van der Waals surface area contributed by atoms with Gasteiger partial charge in [-0.05, 0) is 101 Å². The minimum absolute atomic E-state index is 0.0465. The van der Waals surface area contributed by atoms with E-state index in [1.54, 1.807) is 46.8 Å². The second kappa shape index (κ2) is 26.0. The van der Waals surface area contributed by atoms with Gasteiger partial charge in [-0.15, -0.1) is 0 Å². The maximum atomic E-state index is 14.1. The molecule has 7 N–H and O–H groups in total. The first-order valence-electron chi connectivity index (χ1n) is 21.2. The smallest absolute Gasteiger partial charge is 0.407 e. The second-order valence-electron chi connectivity index (χ2n) is 16.5. The number of benzene rings is 2. The lowest BCUT2D eigenvalue weighted by Gasteiger charge is -2.29. The highest BCUT2D eigenvalue weighted by Gasteiger charge is 2.34. The lowest BCUT2D eigenvalue weighted by Crippen LogP contribution is -2.60. The second-order valence-corrected chi connectivity index (χ2v) is 16.5. The summed E-state index contributed by atoms with van der Waals surface area (Å²) in [5.41, 5.74) is 2.80. The normalized spacial score (nSPS) is 13.7. The third-order valence-corrected chi connectivity index (χ3v) is 9.53. The predicted octanol–water partition coefficient (Wildman–Crippen LogP) is 4.64. The van der Waals surface area contributed by atoms with Gasteiger partial charge in [0.15, 0.2) is 0 Å². The highest BCUT2D eigenvalue weighted by Crippen LogP contribution is 2.21. The molecule has 5 atom stereocenters. The first-order valence-corrected chi connectivity index (χ1v) is 21.2. The van der Waals surface area contributed by atoms with Gasteiger partial charge in [0.25, 0.3) is 5.91 Å². The van der Waals surface area contributed by atoms with Crippen LogP contribution in [0.25, 0.3) is 11.1 Å². The number of ether oxygens (including phenoxy) is 2. The summed E-state index contributed by atoms with van der Waals surface area (Å²) in [6.07, 6.45) is 2.22. The zero-order valence-corrected chi connectivity index (χ0v) is 37.3. The maximum absolute atomic E-state index is 14.1. The van der Waals surface area contributed by atoms with Gasteiger partial charge in [0.1, 0.15) is 29.8 Å². The summed E-state index contributed by atoms with van der Waals surface area (Å²) < 4.78 is 11.2. The molecule has 0 bridgehead atoms. The van der Waals surface area contributed by atoms with Crippen LogP contribution in [0.1, 0.15) is 116 Å². The van der Waals surface area contributed by atoms with E-state index < -0.39 is 83.9 Å². The molecule has 0 aromatic heterocycles. The van der Waals surface area contributed by atoms with Crippen LogP contribution in [0.15, 0.2) is 48.5 Å². The number of unbranched alkanes of at least 4 members (excludes halogenated alkanes) is 2. The Labute approximate surface area is 360 Å². The van der Waals surface area contributed by atoms with E-state index in [1.807, 2.05) is 38.1 Å². The number of nitrogens with one attached hydrogen (secondary N) is 6. The van der Waals surface area contributed by atoms with E-state index in [-0.39, 0.29) is 31.9 Å². The predicted molar refractivity (Wildman–Crippen MR) is 232 cm³/mol. The molecule has 0 spiro atoms. The monoisotopic (exact) mass is 852 g/mol. The minimum Gasteiger partial charge on any atom is -0.480 e. The van der Waals surface area contributed by atoms with E-state index in [0.717, 1.165) is 30.4 Å². The Morgan fingerprint density at radius 3 is 1.85 bits per heavy atom. The molecule has 16 nitrogen and oxygen atoms in total. The standard InChI is InChI=1S/C45H68N6O10/c1-10-12-15-30-17-19-31(20-18-30)32-21-23-33(24-22-32)39(53)49-35(16-13-14-25-47-44(59)61-45(6,7)8)41(55)51-38(29(5)60-27-28(3)4)42(56)48-34(11-2)40(54)50-36(43(57)58)26-37(52)46-9/h17-24,28-29,34-36,38H,10-16,25-27H2,1-9H3,(H,46,52)(H,47,59)(H,48,56)(H,49,53)(H,50,54)(H,51,55)(H,57,58)/t29-,34+,35+,36?,38+/m1/s1. The highest BCUT2D eigenvalue weighted by molar-refractivity contribution is 5.99. The summed E-state index contributed by atoms with van der Waals surface area (Å²) in [4.78, 5) is 90.8. The first kappa shape index (κ1) is 51.6. The maximum Gasteiger partial charge on any atom is 0.407 e. The molecule has 2 aromatic carbocycles. The molecule has 0 aliphatic rings. The van der Waals surface area contributed by atoms with Gasteiger partial charge < -0.3 is 46.5 Å². The lowest BCUT2D eigenvalue weighted by molar-refractivity contribution is -0.144. The molecule has 2 aromatic rings. The largest absolute Gasteiger partial charge is 0.480 e. The van der Waals surface area contributed by atoms with Crippen LogP contribution < -0.4 is 31.9 Å². The lowest BCUT2D eigenvalue weighted by atomic mass is 10.0. The van der Waals surface area contributed by atoms with Crippen molar-refractivity contribution in [3.05, 3.63) is 59.7 Å². The molecule has 0 fully saturated rings. The summed E-state index contributed by atoms with van der Waals surface area (Å²) in [5.74, 6) is -4.81. The molecule has 0 saturated heterocycles. The Bertz CT molecular complexity index is 1740. The molecule has 0 heterocycles. The van der Waals surface area contributed by atoms with Crippen LogP contribution in [-0.4, -0.2) is 103 Å². The topological polar surface area (TPSA) is 230 Å². The zero-order valence-electron chi connectivity index (χ0n) is 37.3. The first-order chi connectivity index (χ1) is 28.8. The SMILES string of the molecule is CCCCc1ccc(-c2ccc(C(=O)N[C@@H](CCCCNC(=O)OC(C)(C)C)C(=O)N[C@H](C(=O)N[C@@H](CC)C(=O)NC(CC(=O)NC)C(=O)O)[C@@H](C)OCC(C)C)cc2)cc1. The molecule has 2 rings (SSSR count). The van der Waals surface area contributed by atoms with Crippen LogP contribution in [0.3, 0.4) is 0 Å². The number of amides is 6. The van der Waals surface area contributed by atoms with Crippen molar-refractivity contribution in [2.24, 2.45) is 5.92 Å². The van der Waals surface area contributed by atoms with Crippen LogP contribution >= 0.6 is 0 Å². The Hall–Kier alpha value is -5.51. The minimum atomic E-state index is -1.55. The van der Waals surface area contributed by atoms with Crippen molar-refractivity contribution in [1.82, 2.24) is 31.9 Å². The van der Waals surface area contributed by atoms with Gasteiger partial charge in [-0.3, -0.25) is 24.0 Å². The number of aryl methyl sites for hydroxylation is 1. The average molecular weight is 853 g/mol. The molecule has 0 saturated carbocycles. The van der Waals surface area contributed by atoms with E-state index in [1.165, 1.54) is 12.6 Å². The number of aliphatic carboxylic acids is 1. The van der Waals surface area contributed by atoms with Crippen molar-refractivity contribution < 1.29 is 48.1 Å². The summed E-state index contributed by atoms with van der Waals surface area (Å²) in [7, 11) is 1.33. The number of alkyl carbamates (subject to hydrolysis) is 1. The number of carbonyl (C=O) groups excluding carboxylic acids is 6. The number of carboxylic acid groups (broad SMARTS) is 1. The summed E-state index contributed by atoms with van der Waals surface area (Å²) in [6.45, 7) is 14.9. The van der Waals surface area contributed by atoms with E-state index in [4.69, 9.17) is 9.47 Å². The van der Waals surface area contributed by atoms with Crippen molar-refractivity contribution >= 4 is 41.6 Å². The Morgan fingerprint density at radius 2 is 1.31 bits per heavy atom. The van der Waals surface area contributed by atoms with E-state index in [2.05, 4.69) is 51.0 Å². The number of hydrogen-bond acceptors (Lipinski definition) is 9. The summed E-state index contributed by atoms with van der Waals surface area (Å²) in [5, 5.41) is 25.0.